The van der Waals surface area contributed by atoms with E-state index >= 15 is 0 Å². The van der Waals surface area contributed by atoms with Crippen LogP contribution in [0.25, 0.3) is 0 Å². The van der Waals surface area contributed by atoms with Crippen LogP contribution in [0.4, 0.5) is 5.69 Å². The molecule has 2 atom stereocenters. The van der Waals surface area contributed by atoms with Crippen molar-refractivity contribution in [3.8, 4) is 5.75 Å². The van der Waals surface area contributed by atoms with E-state index in [1.165, 1.54) is 6.07 Å². The molecule has 0 bridgehead atoms. The Balaban J connectivity index is 2.00. The second kappa shape index (κ2) is 4.38. The molecule has 0 unspecified atom stereocenters. The quantitative estimate of drug-likeness (QED) is 0.802. The summed E-state index contributed by atoms with van der Waals surface area (Å²) in [6.07, 6.45) is 2.68. The van der Waals surface area contributed by atoms with Gasteiger partial charge in [-0.3, -0.25) is 9.59 Å². The molecule has 3 rings (SSSR count). The van der Waals surface area contributed by atoms with Crippen LogP contribution in [0.5, 0.6) is 5.75 Å². The number of anilines is 1. The number of fused-ring (bicyclic) bond motifs is 1. The summed E-state index contributed by atoms with van der Waals surface area (Å²) in [6, 6.07) is 6.36. The molecule has 1 heterocycles. The van der Waals surface area contributed by atoms with Gasteiger partial charge in [-0.2, -0.15) is 0 Å². The van der Waals surface area contributed by atoms with Gasteiger partial charge in [0.05, 0.1) is 17.5 Å². The Morgan fingerprint density at radius 2 is 1.84 bits per heavy atom. The molecular formula is C14H12ClNO3. The van der Waals surface area contributed by atoms with Gasteiger partial charge in [-0.05, 0) is 25.0 Å². The molecule has 1 N–H and O–H groups in total. The second-order valence-corrected chi connectivity index (χ2v) is 5.29. The predicted molar refractivity (Wildman–Crippen MR) is 70.7 cm³/mol. The summed E-state index contributed by atoms with van der Waals surface area (Å²) in [5, 5.41) is 10.4. The van der Waals surface area contributed by atoms with E-state index in [9.17, 15) is 14.7 Å². The zero-order valence-corrected chi connectivity index (χ0v) is 10.8. The van der Waals surface area contributed by atoms with Gasteiger partial charge in [0.25, 0.3) is 0 Å². The van der Waals surface area contributed by atoms with Gasteiger partial charge < -0.3 is 5.11 Å². The molecule has 19 heavy (non-hydrogen) atoms. The molecule has 0 saturated carbocycles. The number of hydrogen-bond donors (Lipinski definition) is 1. The number of rotatable bonds is 1. The maximum absolute atomic E-state index is 12.4. The lowest BCUT2D eigenvalue weighted by Gasteiger charge is -2.17. The maximum Gasteiger partial charge on any atom is 0.238 e. The highest BCUT2D eigenvalue weighted by Crippen LogP contribution is 2.42. The molecule has 1 aliphatic heterocycles. The number of imide groups is 1. The molecule has 0 radical (unpaired) electrons. The van der Waals surface area contributed by atoms with Crippen LogP contribution in [0.15, 0.2) is 35.4 Å². The standard InChI is InChI=1S/C14H12ClNO3/c15-8-5-6-9-10(7-8)14(19)16(13(9)18)11-3-1-2-4-12(11)17/h1-5,9-10,17H,6-7H2/t9-,10+/m1/s1. The van der Waals surface area contributed by atoms with Crippen LogP contribution in [0.1, 0.15) is 12.8 Å². The molecule has 0 spiro atoms. The Bertz CT molecular complexity index is 596. The van der Waals surface area contributed by atoms with Gasteiger partial charge in [-0.25, -0.2) is 4.90 Å². The van der Waals surface area contributed by atoms with Crippen molar-refractivity contribution >= 4 is 29.1 Å². The molecule has 98 valence electrons. The lowest BCUT2D eigenvalue weighted by molar-refractivity contribution is -0.122. The molecule has 5 heteroatoms. The molecule has 1 aromatic carbocycles. The van der Waals surface area contributed by atoms with Crippen LogP contribution in [0.3, 0.4) is 0 Å². The topological polar surface area (TPSA) is 57.6 Å². The van der Waals surface area contributed by atoms with Crippen LogP contribution < -0.4 is 4.90 Å². The van der Waals surface area contributed by atoms with Crippen LogP contribution in [0.2, 0.25) is 0 Å². The number of carbonyl (C=O) groups is 2. The van der Waals surface area contributed by atoms with Gasteiger partial charge in [0.1, 0.15) is 5.75 Å². The van der Waals surface area contributed by atoms with E-state index < -0.39 is 5.92 Å². The van der Waals surface area contributed by atoms with Gasteiger partial charge >= 0.3 is 0 Å². The van der Waals surface area contributed by atoms with Crippen molar-refractivity contribution in [1.29, 1.82) is 0 Å². The van der Waals surface area contributed by atoms with Crippen molar-refractivity contribution < 1.29 is 14.7 Å². The largest absolute Gasteiger partial charge is 0.506 e. The number of nitrogens with zero attached hydrogens (tertiary/aromatic N) is 1. The molecule has 1 fully saturated rings. The Morgan fingerprint density at radius 3 is 2.58 bits per heavy atom. The Kier molecular flexibility index (Phi) is 2.82. The van der Waals surface area contributed by atoms with Gasteiger partial charge in [-0.1, -0.05) is 29.8 Å². The fraction of sp³-hybridized carbons (Fsp3) is 0.286. The first-order valence-electron chi connectivity index (χ1n) is 6.10. The number of halogens is 1. The Hall–Kier alpha value is -1.81. The SMILES string of the molecule is O=C1[C@H]2CC(Cl)=CC[C@H]2C(=O)N1c1ccccc1O. The highest BCUT2D eigenvalue weighted by Gasteiger charge is 2.49. The number of benzene rings is 1. The maximum atomic E-state index is 12.4. The Labute approximate surface area is 115 Å². The normalized spacial score (nSPS) is 26.4. The zero-order chi connectivity index (χ0) is 13.6. The molecule has 0 aromatic heterocycles. The van der Waals surface area contributed by atoms with E-state index in [1.54, 1.807) is 24.3 Å². The number of phenolic OH excluding ortho intramolecular Hbond substituents is 1. The highest BCUT2D eigenvalue weighted by atomic mass is 35.5. The van der Waals surface area contributed by atoms with Crippen molar-refractivity contribution in [2.24, 2.45) is 11.8 Å². The summed E-state index contributed by atoms with van der Waals surface area (Å²) < 4.78 is 0. The third-order valence-electron chi connectivity index (χ3n) is 3.69. The van der Waals surface area contributed by atoms with E-state index in [0.717, 1.165) is 4.90 Å². The van der Waals surface area contributed by atoms with Crippen LogP contribution in [-0.2, 0) is 9.59 Å². The molecule has 4 nitrogen and oxygen atoms in total. The van der Waals surface area contributed by atoms with Crippen LogP contribution >= 0.6 is 11.6 Å². The average Bonchev–Trinajstić information content (AvgIpc) is 2.63. The number of hydrogen-bond acceptors (Lipinski definition) is 3. The van der Waals surface area contributed by atoms with Crippen molar-refractivity contribution in [2.45, 2.75) is 12.8 Å². The first kappa shape index (κ1) is 12.2. The summed E-state index contributed by atoms with van der Waals surface area (Å²) in [7, 11) is 0. The fourth-order valence-corrected chi connectivity index (χ4v) is 2.97. The summed E-state index contributed by atoms with van der Waals surface area (Å²) in [5.74, 6) is -1.35. The minimum absolute atomic E-state index is 0.0677. The van der Waals surface area contributed by atoms with Crippen molar-refractivity contribution in [3.05, 3.63) is 35.4 Å². The van der Waals surface area contributed by atoms with Crippen molar-refractivity contribution in [2.75, 3.05) is 4.90 Å². The lowest BCUT2D eigenvalue weighted by atomic mass is 9.85. The third kappa shape index (κ3) is 1.83. The summed E-state index contributed by atoms with van der Waals surface area (Å²) >= 11 is 5.95. The smallest absolute Gasteiger partial charge is 0.238 e. The molecule has 1 aromatic rings. The van der Waals surface area contributed by atoms with Crippen LogP contribution in [-0.4, -0.2) is 16.9 Å². The highest BCUT2D eigenvalue weighted by molar-refractivity contribution is 6.30. The lowest BCUT2D eigenvalue weighted by Crippen LogP contribution is -2.30. The molecular weight excluding hydrogens is 266 g/mol. The van der Waals surface area contributed by atoms with E-state index in [2.05, 4.69) is 0 Å². The first-order chi connectivity index (χ1) is 9.09. The number of allylic oxidation sites excluding steroid dienone is 2. The summed E-state index contributed by atoms with van der Waals surface area (Å²) in [6.45, 7) is 0. The number of para-hydroxylation sites is 2. The van der Waals surface area contributed by atoms with Crippen LogP contribution in [0, 0.1) is 11.8 Å². The minimum atomic E-state index is -0.399. The second-order valence-electron chi connectivity index (χ2n) is 4.80. The Morgan fingerprint density at radius 1 is 1.16 bits per heavy atom. The van der Waals surface area contributed by atoms with E-state index in [-0.39, 0.29) is 29.2 Å². The summed E-state index contributed by atoms with van der Waals surface area (Å²) in [5.41, 5.74) is 0.253. The van der Waals surface area contributed by atoms with Crippen molar-refractivity contribution in [3.63, 3.8) is 0 Å². The number of aromatic hydroxyl groups is 1. The zero-order valence-electron chi connectivity index (χ0n) is 10.0. The van der Waals surface area contributed by atoms with Gasteiger partial charge in [0.2, 0.25) is 11.8 Å². The molecule has 2 aliphatic rings. The predicted octanol–water partition coefficient (Wildman–Crippen LogP) is 2.41. The number of carbonyl (C=O) groups excluding carboxylic acids is 2. The fourth-order valence-electron chi connectivity index (χ4n) is 2.72. The molecule has 2 amide bonds. The number of amides is 2. The monoisotopic (exact) mass is 277 g/mol. The minimum Gasteiger partial charge on any atom is -0.506 e. The van der Waals surface area contributed by atoms with Gasteiger partial charge in [-0.15, -0.1) is 0 Å². The molecule has 1 saturated heterocycles. The first-order valence-corrected chi connectivity index (χ1v) is 6.47. The van der Waals surface area contributed by atoms with Gasteiger partial charge in [0.15, 0.2) is 0 Å². The van der Waals surface area contributed by atoms with E-state index in [4.69, 9.17) is 11.6 Å². The van der Waals surface area contributed by atoms with Gasteiger partial charge in [0, 0.05) is 5.03 Å². The summed E-state index contributed by atoms with van der Waals surface area (Å²) in [4.78, 5) is 25.8. The van der Waals surface area contributed by atoms with Crippen molar-refractivity contribution in [1.82, 2.24) is 0 Å². The third-order valence-corrected chi connectivity index (χ3v) is 4.00. The number of phenols is 1. The van der Waals surface area contributed by atoms with E-state index in [0.29, 0.717) is 17.9 Å². The average molecular weight is 278 g/mol. The van der Waals surface area contributed by atoms with E-state index in [1.807, 2.05) is 0 Å². The molecule has 1 aliphatic carbocycles.